The molecule has 2 saturated heterocycles. The molecular weight excluding hydrogens is 545 g/mol. The third-order valence-corrected chi connectivity index (χ3v) is 11.5. The van der Waals surface area contributed by atoms with E-state index in [1.165, 1.54) is 43.8 Å². The third kappa shape index (κ3) is 4.19. The molecule has 216 valence electrons. The average molecular weight is 580 g/mol. The van der Waals surface area contributed by atoms with Crippen molar-refractivity contribution in [3.05, 3.63) is 40.5 Å². The number of hydrogen-bond donors (Lipinski definition) is 0. The van der Waals surface area contributed by atoms with E-state index in [2.05, 4.69) is 15.0 Å². The van der Waals surface area contributed by atoms with Gasteiger partial charge in [-0.2, -0.15) is 0 Å². The van der Waals surface area contributed by atoms with Crippen LogP contribution in [-0.2, 0) is 14.9 Å². The molecule has 1 aromatic carbocycles. The summed E-state index contributed by atoms with van der Waals surface area (Å²) in [5.41, 5.74) is 1.91. The monoisotopic (exact) mass is 579 g/mol. The van der Waals surface area contributed by atoms with Crippen LogP contribution in [0.2, 0.25) is 0 Å². The number of hydrogen-bond acceptors (Lipinski definition) is 9. The number of aromatic nitrogens is 2. The van der Waals surface area contributed by atoms with E-state index in [0.717, 1.165) is 67.4 Å². The number of thiazole rings is 1. The summed E-state index contributed by atoms with van der Waals surface area (Å²) >= 11 is 1.39. The lowest BCUT2D eigenvalue weighted by Crippen LogP contribution is -2.46. The minimum Gasteiger partial charge on any atom is -0.465 e. The first-order chi connectivity index (χ1) is 19.9. The topological polar surface area (TPSA) is 94.8 Å². The number of carbonyl (C=O) groups excluding carboxylic acids is 2. The molecule has 0 amide bonds. The SMILES string of the molecule is COC(=O)c1cc(F)c2nc(N3[C@@H]4CC[C@H]3C[C@H](OC(=O)c3c(C56CCC(CC5)CC6)noc3C3CC3)C4)sc2c1. The van der Waals surface area contributed by atoms with Crippen molar-refractivity contribution in [2.75, 3.05) is 12.0 Å². The molecule has 2 aromatic heterocycles. The Bertz CT molecular complexity index is 1510. The van der Waals surface area contributed by atoms with Crippen LogP contribution in [0.15, 0.2) is 16.7 Å². The molecule has 4 saturated carbocycles. The zero-order valence-corrected chi connectivity index (χ0v) is 24.0. The number of anilines is 1. The Labute approximate surface area is 241 Å². The molecule has 3 aromatic rings. The van der Waals surface area contributed by atoms with E-state index in [1.54, 1.807) is 6.07 Å². The van der Waals surface area contributed by atoms with Crippen LogP contribution in [0, 0.1) is 11.7 Å². The van der Waals surface area contributed by atoms with Crippen LogP contribution in [0.3, 0.4) is 0 Å². The highest BCUT2D eigenvalue weighted by Gasteiger charge is 2.49. The smallest absolute Gasteiger partial charge is 0.344 e. The second kappa shape index (κ2) is 9.51. The van der Waals surface area contributed by atoms with Gasteiger partial charge in [0.1, 0.15) is 22.9 Å². The van der Waals surface area contributed by atoms with E-state index in [-0.39, 0.29) is 46.6 Å². The van der Waals surface area contributed by atoms with Crippen molar-refractivity contribution in [2.24, 2.45) is 5.92 Å². The van der Waals surface area contributed by atoms with E-state index in [0.29, 0.717) is 23.1 Å². The molecule has 4 heterocycles. The number of carbonyl (C=O) groups is 2. The molecule has 4 bridgehead atoms. The fourth-order valence-corrected chi connectivity index (χ4v) is 9.32. The van der Waals surface area contributed by atoms with Gasteiger partial charge in [-0.3, -0.25) is 0 Å². The van der Waals surface area contributed by atoms with Gasteiger partial charge >= 0.3 is 11.9 Å². The van der Waals surface area contributed by atoms with Gasteiger partial charge in [-0.1, -0.05) is 16.5 Å². The largest absolute Gasteiger partial charge is 0.465 e. The van der Waals surface area contributed by atoms with Gasteiger partial charge in [-0.05, 0) is 82.3 Å². The Balaban J connectivity index is 1.03. The minimum absolute atomic E-state index is 0.0437. The summed E-state index contributed by atoms with van der Waals surface area (Å²) in [4.78, 5) is 32.8. The van der Waals surface area contributed by atoms with Crippen molar-refractivity contribution in [3.63, 3.8) is 0 Å². The van der Waals surface area contributed by atoms with Gasteiger partial charge < -0.3 is 18.9 Å². The van der Waals surface area contributed by atoms with Gasteiger partial charge in [0.25, 0.3) is 0 Å². The Kier molecular flexibility index (Phi) is 5.95. The molecular formula is C31H34FN3O5S. The Hall–Kier alpha value is -3.01. The minimum atomic E-state index is -0.569. The quantitative estimate of drug-likeness (QED) is 0.299. The molecule has 0 radical (unpaired) electrons. The van der Waals surface area contributed by atoms with Crippen LogP contribution in [0.5, 0.6) is 0 Å². The van der Waals surface area contributed by atoms with E-state index in [4.69, 9.17) is 14.0 Å². The van der Waals surface area contributed by atoms with E-state index in [9.17, 15) is 14.0 Å². The molecule has 3 atom stereocenters. The number of ether oxygens (including phenoxy) is 2. The number of halogens is 1. The van der Waals surface area contributed by atoms with E-state index >= 15 is 0 Å². The summed E-state index contributed by atoms with van der Waals surface area (Å²) in [5.74, 6) is 0.496. The Morgan fingerprint density at radius 1 is 1.02 bits per heavy atom. The maximum Gasteiger partial charge on any atom is 0.344 e. The molecule has 8 nitrogen and oxygen atoms in total. The molecule has 0 unspecified atom stereocenters. The summed E-state index contributed by atoms with van der Waals surface area (Å²) in [6.07, 6.45) is 12.1. The van der Waals surface area contributed by atoms with Crippen LogP contribution in [0.1, 0.15) is 115 Å². The normalized spacial score (nSPS) is 30.6. The molecule has 9 rings (SSSR count). The number of benzene rings is 1. The molecule has 0 spiro atoms. The average Bonchev–Trinajstić information content (AvgIpc) is 3.47. The number of rotatable bonds is 6. The van der Waals surface area contributed by atoms with Gasteiger partial charge in [-0.25, -0.2) is 19.0 Å². The fraction of sp³-hybridized carbons (Fsp3) is 0.613. The molecule has 2 aliphatic heterocycles. The lowest BCUT2D eigenvalue weighted by Gasteiger charge is -2.45. The molecule has 0 N–H and O–H groups in total. The van der Waals surface area contributed by atoms with E-state index < -0.39 is 11.8 Å². The van der Waals surface area contributed by atoms with Crippen LogP contribution in [0.4, 0.5) is 9.52 Å². The van der Waals surface area contributed by atoms with Crippen LogP contribution < -0.4 is 4.90 Å². The first-order valence-electron chi connectivity index (χ1n) is 15.1. The van der Waals surface area contributed by atoms with Gasteiger partial charge in [0.2, 0.25) is 0 Å². The van der Waals surface area contributed by atoms with Gasteiger partial charge in [-0.15, -0.1) is 0 Å². The number of esters is 2. The van der Waals surface area contributed by atoms with Crippen molar-refractivity contribution in [1.82, 2.24) is 10.1 Å². The highest BCUT2D eigenvalue weighted by atomic mass is 32.1. The second-order valence-corrected chi connectivity index (χ2v) is 13.9. The molecule has 10 heteroatoms. The third-order valence-electron chi connectivity index (χ3n) is 10.5. The second-order valence-electron chi connectivity index (χ2n) is 12.9. The molecule has 41 heavy (non-hydrogen) atoms. The fourth-order valence-electron chi connectivity index (χ4n) is 8.16. The first kappa shape index (κ1) is 25.7. The molecule has 4 aliphatic carbocycles. The lowest BCUT2D eigenvalue weighted by molar-refractivity contribution is 0.0195. The van der Waals surface area contributed by atoms with Gasteiger partial charge in [0.15, 0.2) is 16.7 Å². The number of methoxy groups -OCH3 is 1. The zero-order valence-electron chi connectivity index (χ0n) is 23.2. The first-order valence-corrected chi connectivity index (χ1v) is 15.9. The van der Waals surface area contributed by atoms with E-state index in [1.807, 2.05) is 0 Å². The summed E-state index contributed by atoms with van der Waals surface area (Å²) in [7, 11) is 1.29. The Morgan fingerprint density at radius 3 is 2.39 bits per heavy atom. The zero-order chi connectivity index (χ0) is 27.9. The number of nitrogens with zero attached hydrogens (tertiary/aromatic N) is 3. The predicted octanol–water partition coefficient (Wildman–Crippen LogP) is 6.67. The van der Waals surface area contributed by atoms with Crippen LogP contribution >= 0.6 is 11.3 Å². The summed E-state index contributed by atoms with van der Waals surface area (Å²) in [6.45, 7) is 0. The van der Waals surface area contributed by atoms with Crippen molar-refractivity contribution in [1.29, 1.82) is 0 Å². The molecule has 6 fully saturated rings. The standard InChI is InChI=1S/C31H34FN3O5S/c1-38-28(36)18-12-22(32)25-23(13-18)41-30(33-25)35-19-4-5-20(35)15-21(14-19)39-29(37)24-26(17-2-3-17)40-34-27(24)31-9-6-16(7-10-31)8-11-31/h12-13,16-17,19-21H,2-11,14-15H2,1H3/t16?,19-,20+,21-,31?. The van der Waals surface area contributed by atoms with Gasteiger partial charge in [0, 0.05) is 36.3 Å². The van der Waals surface area contributed by atoms with Crippen LogP contribution in [0.25, 0.3) is 10.2 Å². The molecule has 6 aliphatic rings. The maximum absolute atomic E-state index is 14.8. The highest BCUT2D eigenvalue weighted by molar-refractivity contribution is 7.22. The summed E-state index contributed by atoms with van der Waals surface area (Å²) in [6, 6.07) is 3.15. The van der Waals surface area contributed by atoms with Crippen molar-refractivity contribution in [3.8, 4) is 0 Å². The summed E-state index contributed by atoms with van der Waals surface area (Å²) < 4.78 is 32.4. The highest BCUT2D eigenvalue weighted by Crippen LogP contribution is 2.54. The van der Waals surface area contributed by atoms with Gasteiger partial charge in [0.05, 0.1) is 17.4 Å². The van der Waals surface area contributed by atoms with Crippen molar-refractivity contribution < 1.29 is 28.0 Å². The number of fused-ring (bicyclic) bond motifs is 6. The maximum atomic E-state index is 14.8. The van der Waals surface area contributed by atoms with Crippen LogP contribution in [-0.4, -0.2) is 47.4 Å². The number of piperidine rings is 1. The predicted molar refractivity (Wildman–Crippen MR) is 150 cm³/mol. The van der Waals surface area contributed by atoms with Crippen molar-refractivity contribution >= 4 is 38.6 Å². The Morgan fingerprint density at radius 2 is 1.73 bits per heavy atom. The van der Waals surface area contributed by atoms with Crippen molar-refractivity contribution in [2.45, 2.75) is 107 Å². The lowest BCUT2D eigenvalue weighted by atomic mass is 9.59. The summed E-state index contributed by atoms with van der Waals surface area (Å²) in [5, 5.41) is 5.33.